The maximum absolute atomic E-state index is 12.3. The topological polar surface area (TPSA) is 100 Å². The van der Waals surface area contributed by atoms with Gasteiger partial charge in [0.05, 0.1) is 19.9 Å². The molecule has 0 aliphatic rings. The first-order chi connectivity index (χ1) is 13.9. The number of hydrogen-bond donors (Lipinski definition) is 1. The van der Waals surface area contributed by atoms with Gasteiger partial charge in [0.1, 0.15) is 6.54 Å². The van der Waals surface area contributed by atoms with Crippen LogP contribution in [0.15, 0.2) is 41.2 Å². The number of hydrogen-bond acceptors (Lipinski definition) is 6. The molecule has 2 aromatic heterocycles. The highest BCUT2D eigenvalue weighted by Gasteiger charge is 2.11. The maximum Gasteiger partial charge on any atom is 0.267 e. The Balaban J connectivity index is 1.70. The van der Waals surface area contributed by atoms with Gasteiger partial charge in [-0.15, -0.1) is 5.10 Å². The summed E-state index contributed by atoms with van der Waals surface area (Å²) in [5.41, 5.74) is 2.21. The highest BCUT2D eigenvalue weighted by Crippen LogP contribution is 2.27. The van der Waals surface area contributed by atoms with Crippen LogP contribution >= 0.6 is 0 Å². The van der Waals surface area contributed by atoms with Crippen molar-refractivity contribution in [3.8, 4) is 17.3 Å². The van der Waals surface area contributed by atoms with Crippen LogP contribution in [0.3, 0.4) is 0 Å². The van der Waals surface area contributed by atoms with Gasteiger partial charge in [0.2, 0.25) is 5.91 Å². The molecule has 9 nitrogen and oxygen atoms in total. The van der Waals surface area contributed by atoms with Gasteiger partial charge in [0.25, 0.3) is 5.56 Å². The van der Waals surface area contributed by atoms with Crippen LogP contribution in [0.25, 0.3) is 5.82 Å². The lowest BCUT2D eigenvalue weighted by atomic mass is 10.2. The van der Waals surface area contributed by atoms with Gasteiger partial charge in [-0.3, -0.25) is 9.59 Å². The van der Waals surface area contributed by atoms with E-state index >= 15 is 0 Å². The summed E-state index contributed by atoms with van der Waals surface area (Å²) in [4.78, 5) is 24.5. The molecule has 0 saturated carbocycles. The third-order valence-corrected chi connectivity index (χ3v) is 4.31. The predicted octanol–water partition coefficient (Wildman–Crippen LogP) is 1.38. The number of benzene rings is 1. The zero-order valence-electron chi connectivity index (χ0n) is 16.8. The lowest BCUT2D eigenvalue weighted by Crippen LogP contribution is -2.33. The molecule has 29 heavy (non-hydrogen) atoms. The van der Waals surface area contributed by atoms with E-state index in [1.54, 1.807) is 37.1 Å². The lowest BCUT2D eigenvalue weighted by Gasteiger charge is -2.11. The van der Waals surface area contributed by atoms with Gasteiger partial charge < -0.3 is 14.8 Å². The summed E-state index contributed by atoms with van der Waals surface area (Å²) in [5, 5.41) is 11.4. The van der Waals surface area contributed by atoms with Crippen molar-refractivity contribution < 1.29 is 14.3 Å². The molecule has 9 heteroatoms. The molecule has 0 saturated heterocycles. The first-order valence-electron chi connectivity index (χ1n) is 9.00. The van der Waals surface area contributed by atoms with E-state index < -0.39 is 0 Å². The molecule has 0 fully saturated rings. The van der Waals surface area contributed by atoms with E-state index in [2.05, 4.69) is 15.5 Å². The van der Waals surface area contributed by atoms with E-state index in [0.717, 1.165) is 21.6 Å². The summed E-state index contributed by atoms with van der Waals surface area (Å²) in [6.45, 7) is 3.86. The number of rotatable bonds is 7. The minimum absolute atomic E-state index is 0.195. The molecule has 0 radical (unpaired) electrons. The Morgan fingerprint density at radius 2 is 1.79 bits per heavy atom. The highest BCUT2D eigenvalue weighted by molar-refractivity contribution is 5.75. The largest absolute Gasteiger partial charge is 0.493 e. The lowest BCUT2D eigenvalue weighted by molar-refractivity contribution is -0.122. The van der Waals surface area contributed by atoms with E-state index in [1.807, 2.05) is 26.0 Å². The zero-order chi connectivity index (χ0) is 21.0. The Kier molecular flexibility index (Phi) is 5.96. The number of amides is 1. The van der Waals surface area contributed by atoms with E-state index in [0.29, 0.717) is 17.3 Å². The molecule has 0 unspecified atom stereocenters. The number of carbonyl (C=O) groups is 1. The average Bonchev–Trinajstić information content (AvgIpc) is 3.05. The summed E-state index contributed by atoms with van der Waals surface area (Å²) in [6, 6.07) is 10.2. The second kappa shape index (κ2) is 8.59. The molecule has 0 aliphatic carbocycles. The smallest absolute Gasteiger partial charge is 0.267 e. The molecule has 1 aromatic carbocycles. The van der Waals surface area contributed by atoms with Crippen molar-refractivity contribution in [2.75, 3.05) is 14.2 Å². The molecule has 0 aliphatic heterocycles. The zero-order valence-corrected chi connectivity index (χ0v) is 16.8. The van der Waals surface area contributed by atoms with E-state index in [9.17, 15) is 9.59 Å². The molecule has 2 heterocycles. The summed E-state index contributed by atoms with van der Waals surface area (Å²) in [7, 11) is 3.11. The second-order valence-corrected chi connectivity index (χ2v) is 6.49. The Labute approximate surface area is 167 Å². The van der Waals surface area contributed by atoms with Gasteiger partial charge in [-0.1, -0.05) is 6.07 Å². The Morgan fingerprint density at radius 1 is 1.03 bits per heavy atom. The third kappa shape index (κ3) is 4.63. The summed E-state index contributed by atoms with van der Waals surface area (Å²) in [5.74, 6) is 1.33. The Morgan fingerprint density at radius 3 is 2.45 bits per heavy atom. The molecular weight excluding hydrogens is 374 g/mol. The number of nitrogens with zero attached hydrogens (tertiary/aromatic N) is 4. The van der Waals surface area contributed by atoms with Crippen LogP contribution in [0.4, 0.5) is 0 Å². The van der Waals surface area contributed by atoms with Gasteiger partial charge in [-0.2, -0.15) is 5.10 Å². The number of nitrogens with one attached hydrogen (secondary N) is 1. The Bertz CT molecular complexity index is 1090. The number of ether oxygens (including phenoxy) is 2. The molecule has 152 valence electrons. The molecule has 0 bridgehead atoms. The quantitative estimate of drug-likeness (QED) is 0.647. The number of methoxy groups -OCH3 is 2. The predicted molar refractivity (Wildman–Crippen MR) is 106 cm³/mol. The average molecular weight is 397 g/mol. The van der Waals surface area contributed by atoms with Gasteiger partial charge >= 0.3 is 0 Å². The van der Waals surface area contributed by atoms with Crippen LogP contribution in [0.1, 0.15) is 17.0 Å². The van der Waals surface area contributed by atoms with Crippen molar-refractivity contribution >= 4 is 5.91 Å². The molecule has 0 spiro atoms. The number of aryl methyl sites for hydroxylation is 2. The first-order valence-corrected chi connectivity index (χ1v) is 9.00. The number of aromatic nitrogens is 4. The van der Waals surface area contributed by atoms with Crippen molar-refractivity contribution in [1.29, 1.82) is 0 Å². The summed E-state index contributed by atoms with van der Waals surface area (Å²) >= 11 is 0. The van der Waals surface area contributed by atoms with E-state index in [1.165, 1.54) is 6.07 Å². The van der Waals surface area contributed by atoms with Crippen molar-refractivity contribution in [2.45, 2.75) is 26.9 Å². The van der Waals surface area contributed by atoms with Gasteiger partial charge in [-0.25, -0.2) is 9.36 Å². The van der Waals surface area contributed by atoms with Gasteiger partial charge in [0.15, 0.2) is 17.3 Å². The van der Waals surface area contributed by atoms with E-state index in [4.69, 9.17) is 9.47 Å². The standard InChI is InChI=1S/C20H23N5O4/c1-13-9-14(2)25(22-13)18-7-8-20(27)24(23-18)12-19(26)21-11-15-5-6-16(28-3)17(10-15)29-4/h5-10H,11-12H2,1-4H3,(H,21,26). The van der Waals surface area contributed by atoms with Crippen molar-refractivity contribution in [3.05, 3.63) is 63.7 Å². The summed E-state index contributed by atoms with van der Waals surface area (Å²) in [6.07, 6.45) is 0. The van der Waals surface area contributed by atoms with Crippen LogP contribution in [0.2, 0.25) is 0 Å². The van der Waals surface area contributed by atoms with Gasteiger partial charge in [0, 0.05) is 18.3 Å². The molecule has 3 aromatic rings. The van der Waals surface area contributed by atoms with Crippen molar-refractivity contribution in [2.24, 2.45) is 0 Å². The number of carbonyl (C=O) groups excluding carboxylic acids is 1. The molecule has 1 amide bonds. The highest BCUT2D eigenvalue weighted by atomic mass is 16.5. The second-order valence-electron chi connectivity index (χ2n) is 6.49. The van der Waals surface area contributed by atoms with Gasteiger partial charge in [-0.05, 0) is 43.7 Å². The van der Waals surface area contributed by atoms with Crippen LogP contribution in [-0.4, -0.2) is 39.7 Å². The molecule has 1 N–H and O–H groups in total. The van der Waals surface area contributed by atoms with Crippen LogP contribution in [0.5, 0.6) is 11.5 Å². The minimum atomic E-state index is -0.364. The fourth-order valence-corrected chi connectivity index (χ4v) is 2.91. The van der Waals surface area contributed by atoms with E-state index in [-0.39, 0.29) is 24.6 Å². The third-order valence-electron chi connectivity index (χ3n) is 4.31. The van der Waals surface area contributed by atoms with Crippen molar-refractivity contribution in [1.82, 2.24) is 24.9 Å². The fourth-order valence-electron chi connectivity index (χ4n) is 2.91. The van der Waals surface area contributed by atoms with Crippen molar-refractivity contribution in [3.63, 3.8) is 0 Å². The Hall–Kier alpha value is -3.62. The maximum atomic E-state index is 12.3. The monoisotopic (exact) mass is 397 g/mol. The van der Waals surface area contributed by atoms with Crippen LogP contribution in [0, 0.1) is 13.8 Å². The summed E-state index contributed by atoms with van der Waals surface area (Å²) < 4.78 is 13.2. The minimum Gasteiger partial charge on any atom is -0.493 e. The fraction of sp³-hybridized carbons (Fsp3) is 0.300. The van der Waals surface area contributed by atoms with Crippen LogP contribution in [-0.2, 0) is 17.9 Å². The van der Waals surface area contributed by atoms with Crippen LogP contribution < -0.4 is 20.3 Å². The molecule has 3 rings (SSSR count). The molecular formula is C20H23N5O4. The SMILES string of the molecule is COc1ccc(CNC(=O)Cn2nc(-n3nc(C)cc3C)ccc2=O)cc1OC. The molecule has 0 atom stereocenters. The first kappa shape index (κ1) is 20.1. The normalized spacial score (nSPS) is 10.6.